The molecule has 2 rings (SSSR count). The van der Waals surface area contributed by atoms with E-state index in [2.05, 4.69) is 35.3 Å². The molecule has 28 heavy (non-hydrogen) atoms. The number of anilines is 1. The number of rotatable bonds is 6. The second-order valence-corrected chi connectivity index (χ2v) is 6.77. The smallest absolute Gasteiger partial charge is 0.257 e. The van der Waals surface area contributed by atoms with Crippen LogP contribution >= 0.6 is 12.2 Å². The highest BCUT2D eigenvalue weighted by Crippen LogP contribution is 2.16. The maximum Gasteiger partial charge on any atom is 0.257 e. The lowest BCUT2D eigenvalue weighted by molar-refractivity contribution is -0.124. The molecule has 2 amide bonds. The third-order valence-electron chi connectivity index (χ3n) is 3.80. The van der Waals surface area contributed by atoms with Crippen molar-refractivity contribution in [3.05, 3.63) is 71.8 Å². The van der Waals surface area contributed by atoms with Gasteiger partial charge in [0.05, 0.1) is 6.54 Å². The second kappa shape index (κ2) is 10.8. The predicted molar refractivity (Wildman–Crippen MR) is 117 cm³/mol. The molecule has 0 radical (unpaired) electrons. The van der Waals surface area contributed by atoms with Gasteiger partial charge in [0, 0.05) is 11.8 Å². The molecule has 0 atom stereocenters. The van der Waals surface area contributed by atoms with Crippen LogP contribution in [0.1, 0.15) is 30.9 Å². The summed E-state index contributed by atoms with van der Waals surface area (Å²) in [4.78, 5) is 23.5. The van der Waals surface area contributed by atoms with Crippen LogP contribution in [0.2, 0.25) is 0 Å². The number of benzene rings is 2. The fraction of sp³-hybridized carbons (Fsp3) is 0.190. The number of nitrogens with one attached hydrogen (secondary N) is 4. The zero-order valence-corrected chi connectivity index (χ0v) is 16.7. The van der Waals surface area contributed by atoms with E-state index in [0.717, 1.165) is 11.3 Å². The van der Waals surface area contributed by atoms with Gasteiger partial charge in [-0.3, -0.25) is 20.4 Å². The Bertz CT molecular complexity index is 833. The molecule has 4 N–H and O–H groups in total. The van der Waals surface area contributed by atoms with Crippen LogP contribution < -0.4 is 21.5 Å². The Hall–Kier alpha value is -3.19. The molecular weight excluding hydrogens is 372 g/mol. The molecule has 0 heterocycles. The number of hydrazine groups is 1. The largest absolute Gasteiger partial charge is 0.343 e. The van der Waals surface area contributed by atoms with E-state index in [-0.39, 0.29) is 17.6 Å². The van der Waals surface area contributed by atoms with Crippen LogP contribution in [0, 0.1) is 0 Å². The molecule has 0 aromatic heterocycles. The highest BCUT2D eigenvalue weighted by Gasteiger charge is 2.05. The molecule has 0 spiro atoms. The van der Waals surface area contributed by atoms with Crippen molar-refractivity contribution in [3.8, 4) is 0 Å². The minimum absolute atomic E-state index is 0.170. The number of carbonyl (C=O) groups is 2. The van der Waals surface area contributed by atoms with Gasteiger partial charge in [0.2, 0.25) is 5.91 Å². The van der Waals surface area contributed by atoms with Crippen molar-refractivity contribution in [2.24, 2.45) is 0 Å². The molecule has 2 aromatic rings. The van der Waals surface area contributed by atoms with E-state index in [0.29, 0.717) is 5.92 Å². The van der Waals surface area contributed by atoms with E-state index in [1.807, 2.05) is 54.6 Å². The van der Waals surface area contributed by atoms with Gasteiger partial charge < -0.3 is 10.6 Å². The number of hydrogen-bond acceptors (Lipinski definition) is 3. The van der Waals surface area contributed by atoms with Gasteiger partial charge in [-0.25, -0.2) is 0 Å². The first-order valence-corrected chi connectivity index (χ1v) is 9.31. The highest BCUT2D eigenvalue weighted by atomic mass is 32.1. The molecule has 0 aliphatic heterocycles. The predicted octanol–water partition coefficient (Wildman–Crippen LogP) is 2.96. The van der Waals surface area contributed by atoms with E-state index in [9.17, 15) is 9.59 Å². The lowest BCUT2D eigenvalue weighted by atomic mass is 10.0. The summed E-state index contributed by atoms with van der Waals surface area (Å²) in [5.41, 5.74) is 7.98. The molecule has 0 saturated carbocycles. The van der Waals surface area contributed by atoms with Crippen molar-refractivity contribution < 1.29 is 9.59 Å². The summed E-state index contributed by atoms with van der Waals surface area (Å²) < 4.78 is 0. The fourth-order valence-electron chi connectivity index (χ4n) is 2.25. The summed E-state index contributed by atoms with van der Waals surface area (Å²) in [6, 6.07) is 17.3. The molecule has 7 heteroatoms. The molecule has 0 saturated heterocycles. The molecule has 2 aromatic carbocycles. The van der Waals surface area contributed by atoms with Gasteiger partial charge in [-0.15, -0.1) is 0 Å². The number of thiocarbonyl (C=S) groups is 1. The van der Waals surface area contributed by atoms with Gasteiger partial charge in [0.15, 0.2) is 5.11 Å². The van der Waals surface area contributed by atoms with Crippen LogP contribution in [0.15, 0.2) is 60.7 Å². The highest BCUT2D eigenvalue weighted by molar-refractivity contribution is 7.80. The van der Waals surface area contributed by atoms with Crippen molar-refractivity contribution in [2.45, 2.75) is 19.8 Å². The molecule has 0 bridgehead atoms. The minimum atomic E-state index is -0.416. The van der Waals surface area contributed by atoms with Gasteiger partial charge in [-0.1, -0.05) is 56.3 Å². The van der Waals surface area contributed by atoms with Gasteiger partial charge >= 0.3 is 0 Å². The van der Waals surface area contributed by atoms with E-state index in [4.69, 9.17) is 12.2 Å². The lowest BCUT2D eigenvalue weighted by Crippen LogP contribution is -2.47. The van der Waals surface area contributed by atoms with Crippen molar-refractivity contribution >= 4 is 40.9 Å². The minimum Gasteiger partial charge on any atom is -0.343 e. The van der Waals surface area contributed by atoms with E-state index >= 15 is 0 Å². The van der Waals surface area contributed by atoms with Crippen LogP contribution in [0.25, 0.3) is 6.08 Å². The summed E-state index contributed by atoms with van der Waals surface area (Å²) >= 11 is 5.13. The number of carbonyl (C=O) groups excluding carboxylic acids is 2. The normalized spacial score (nSPS) is 10.5. The van der Waals surface area contributed by atoms with Gasteiger partial charge in [-0.2, -0.15) is 0 Å². The first-order chi connectivity index (χ1) is 13.4. The van der Waals surface area contributed by atoms with Gasteiger partial charge in [0.1, 0.15) is 0 Å². The maximum atomic E-state index is 11.8. The first kappa shape index (κ1) is 21.1. The summed E-state index contributed by atoms with van der Waals surface area (Å²) in [7, 11) is 0. The Kier molecular flexibility index (Phi) is 8.17. The van der Waals surface area contributed by atoms with Crippen LogP contribution in [0.3, 0.4) is 0 Å². The zero-order valence-electron chi connectivity index (χ0n) is 15.9. The van der Waals surface area contributed by atoms with Gasteiger partial charge in [-0.05, 0) is 47.5 Å². The summed E-state index contributed by atoms with van der Waals surface area (Å²) in [5.74, 6) is -0.318. The standard InChI is InChI=1S/C21H24N4O2S/c1-15(2)17-9-11-18(12-10-17)23-21(28)25-24-20(27)14-22-19(26)13-8-16-6-4-3-5-7-16/h3-13,15H,14H2,1-2H3,(H,22,26)(H,24,27)(H2,23,25,28)/b13-8+. The van der Waals surface area contributed by atoms with Crippen LogP contribution in [0.4, 0.5) is 5.69 Å². The average Bonchev–Trinajstić information content (AvgIpc) is 2.70. The monoisotopic (exact) mass is 396 g/mol. The third kappa shape index (κ3) is 7.59. The molecule has 6 nitrogen and oxygen atoms in total. The zero-order chi connectivity index (χ0) is 20.4. The Balaban J connectivity index is 1.68. The van der Waals surface area contributed by atoms with E-state index in [1.54, 1.807) is 6.08 Å². The first-order valence-electron chi connectivity index (χ1n) is 8.91. The van der Waals surface area contributed by atoms with Crippen LogP contribution in [-0.2, 0) is 9.59 Å². The topological polar surface area (TPSA) is 82.3 Å². The number of hydrogen-bond donors (Lipinski definition) is 4. The number of amides is 2. The average molecular weight is 397 g/mol. The Morgan fingerprint density at radius 3 is 2.32 bits per heavy atom. The Morgan fingerprint density at radius 1 is 1.00 bits per heavy atom. The van der Waals surface area contributed by atoms with Gasteiger partial charge in [0.25, 0.3) is 5.91 Å². The molecule has 146 valence electrons. The molecule has 0 unspecified atom stereocenters. The summed E-state index contributed by atoms with van der Waals surface area (Å²) in [6.07, 6.45) is 3.05. The van der Waals surface area contributed by atoms with Crippen LogP contribution in [-0.4, -0.2) is 23.5 Å². The van der Waals surface area contributed by atoms with Crippen molar-refractivity contribution in [1.82, 2.24) is 16.2 Å². The lowest BCUT2D eigenvalue weighted by Gasteiger charge is -2.12. The van der Waals surface area contributed by atoms with E-state index < -0.39 is 5.91 Å². The summed E-state index contributed by atoms with van der Waals surface area (Å²) in [5, 5.41) is 5.73. The van der Waals surface area contributed by atoms with Crippen molar-refractivity contribution in [2.75, 3.05) is 11.9 Å². The maximum absolute atomic E-state index is 11.8. The van der Waals surface area contributed by atoms with Crippen molar-refractivity contribution in [1.29, 1.82) is 0 Å². The fourth-order valence-corrected chi connectivity index (χ4v) is 2.42. The Morgan fingerprint density at radius 2 is 1.68 bits per heavy atom. The second-order valence-electron chi connectivity index (χ2n) is 6.37. The Labute approximate surface area is 170 Å². The quantitative estimate of drug-likeness (QED) is 0.343. The third-order valence-corrected chi connectivity index (χ3v) is 4.00. The molecular formula is C21H24N4O2S. The summed E-state index contributed by atoms with van der Waals surface area (Å²) in [6.45, 7) is 4.08. The van der Waals surface area contributed by atoms with E-state index in [1.165, 1.54) is 11.6 Å². The molecule has 0 aliphatic carbocycles. The van der Waals surface area contributed by atoms with Crippen LogP contribution in [0.5, 0.6) is 0 Å². The molecule has 0 fully saturated rings. The molecule has 0 aliphatic rings. The van der Waals surface area contributed by atoms with Crippen molar-refractivity contribution in [3.63, 3.8) is 0 Å². The SMILES string of the molecule is CC(C)c1ccc(NC(=S)NNC(=O)CNC(=O)/C=C/c2ccccc2)cc1.